The summed E-state index contributed by atoms with van der Waals surface area (Å²) < 4.78 is 13.7. The summed E-state index contributed by atoms with van der Waals surface area (Å²) in [4.78, 5) is 40.1. The zero-order chi connectivity index (χ0) is 25.4. The van der Waals surface area contributed by atoms with Crippen LogP contribution < -0.4 is 4.74 Å². The summed E-state index contributed by atoms with van der Waals surface area (Å²) in [5.41, 5.74) is 0.878. The molecule has 3 aromatic rings. The molecule has 0 fully saturated rings. The van der Waals surface area contributed by atoms with E-state index in [1.807, 2.05) is 73.8 Å². The van der Waals surface area contributed by atoms with E-state index in [1.165, 1.54) is 0 Å². The van der Waals surface area contributed by atoms with E-state index < -0.39 is 23.3 Å². The van der Waals surface area contributed by atoms with Gasteiger partial charge in [-0.1, -0.05) is 54.6 Å². The lowest BCUT2D eigenvalue weighted by atomic mass is 9.73. The Morgan fingerprint density at radius 1 is 0.944 bits per heavy atom. The van der Waals surface area contributed by atoms with E-state index in [-0.39, 0.29) is 20.9 Å². The van der Waals surface area contributed by atoms with Crippen molar-refractivity contribution in [2.75, 3.05) is 0 Å². The van der Waals surface area contributed by atoms with Crippen LogP contribution in [0.4, 0.5) is 0 Å². The zero-order valence-corrected chi connectivity index (χ0v) is 24.5. The minimum absolute atomic E-state index is 0.0324. The molecule has 2 atom stereocenters. The highest BCUT2D eigenvalue weighted by Gasteiger charge is 2.58. The molecule has 9 heteroatoms. The number of ether oxygens (including phenoxy) is 2. The second kappa shape index (κ2) is 8.65. The molecule has 6 rings (SSSR count). The monoisotopic (exact) mass is 814 g/mol. The molecule has 1 aliphatic carbocycles. The lowest BCUT2D eigenvalue weighted by Crippen LogP contribution is -2.41. The Morgan fingerprint density at radius 3 is 2.39 bits per heavy atom. The van der Waals surface area contributed by atoms with Crippen LogP contribution in [0.25, 0.3) is 0 Å². The van der Waals surface area contributed by atoms with Gasteiger partial charge >= 0.3 is 5.97 Å². The average molecular weight is 814 g/mol. The van der Waals surface area contributed by atoms with Gasteiger partial charge in [0.05, 0.1) is 18.3 Å². The molecule has 1 N–H and O–H groups in total. The number of benzene rings is 3. The molecule has 0 aromatic heterocycles. The van der Waals surface area contributed by atoms with E-state index in [1.54, 1.807) is 60.7 Å². The second-order valence-electron chi connectivity index (χ2n) is 8.41. The first-order valence-corrected chi connectivity index (χ1v) is 14.0. The molecule has 6 nitrogen and oxygen atoms in total. The molecule has 2 aliphatic heterocycles. The Morgan fingerprint density at radius 2 is 1.64 bits per heavy atom. The molecule has 0 saturated heterocycles. The van der Waals surface area contributed by atoms with Gasteiger partial charge in [-0.2, -0.15) is 0 Å². The smallest absolute Gasteiger partial charge is 0.340 e. The summed E-state index contributed by atoms with van der Waals surface area (Å²) in [5, 5.41) is 10.6. The van der Waals surface area contributed by atoms with Crippen LogP contribution in [-0.2, 0) is 15.1 Å². The van der Waals surface area contributed by atoms with Gasteiger partial charge in [-0.05, 0) is 79.9 Å². The van der Waals surface area contributed by atoms with E-state index >= 15 is 0 Å². The Balaban J connectivity index is 1.68. The van der Waals surface area contributed by atoms with Gasteiger partial charge in [-0.15, -0.1) is 0 Å². The second-order valence-corrected chi connectivity index (χ2v) is 11.7. The minimum Gasteiger partial charge on any atom is -0.506 e. The number of halogens is 3. The number of allylic oxidation sites excluding steroid dienone is 2. The van der Waals surface area contributed by atoms with E-state index in [4.69, 9.17) is 9.47 Å². The van der Waals surface area contributed by atoms with Crippen LogP contribution >= 0.6 is 67.8 Å². The summed E-state index contributed by atoms with van der Waals surface area (Å²) in [6.45, 7) is 0. The third-order valence-corrected chi connectivity index (χ3v) is 9.35. The molecule has 3 aromatic carbocycles. The van der Waals surface area contributed by atoms with E-state index in [9.17, 15) is 19.5 Å². The number of rotatable bonds is 2. The predicted octanol–water partition coefficient (Wildman–Crippen LogP) is 6.06. The summed E-state index contributed by atoms with van der Waals surface area (Å²) in [6.07, 6.45) is 1.57. The first kappa shape index (κ1) is 24.1. The normalized spacial score (nSPS) is 21.9. The summed E-state index contributed by atoms with van der Waals surface area (Å²) in [6, 6.07) is 17.4. The summed E-state index contributed by atoms with van der Waals surface area (Å²) in [7, 11) is 0. The SMILES string of the molecule is O=C1OC2(C3=CC(C(=O)c4ccccc4)C(=O)C(I)=C3Oc3c2cc(I)c(O)c3I)c2ccccc21. The summed E-state index contributed by atoms with van der Waals surface area (Å²) in [5.74, 6) is -1.83. The van der Waals surface area contributed by atoms with Gasteiger partial charge in [-0.3, -0.25) is 9.59 Å². The van der Waals surface area contributed by atoms with Crippen molar-refractivity contribution in [1.82, 2.24) is 0 Å². The van der Waals surface area contributed by atoms with E-state index in [0.29, 0.717) is 40.7 Å². The lowest BCUT2D eigenvalue weighted by molar-refractivity contribution is -0.116. The minimum atomic E-state index is -1.45. The Hall–Kier alpha value is -2.26. The highest BCUT2D eigenvalue weighted by Crippen LogP contribution is 2.59. The van der Waals surface area contributed by atoms with Crippen LogP contribution in [0.3, 0.4) is 0 Å². The fourth-order valence-corrected chi connectivity index (χ4v) is 7.38. The van der Waals surface area contributed by atoms with Crippen LogP contribution in [0.1, 0.15) is 31.8 Å². The number of hydrogen-bond donors (Lipinski definition) is 1. The van der Waals surface area contributed by atoms with Crippen molar-refractivity contribution in [3.63, 3.8) is 0 Å². The number of carbonyl (C=O) groups is 3. The fourth-order valence-electron chi connectivity index (χ4n) is 4.86. The quantitative estimate of drug-likeness (QED) is 0.147. The highest BCUT2D eigenvalue weighted by atomic mass is 127. The molecular weight excluding hydrogens is 801 g/mol. The fraction of sp³-hybridized carbons (Fsp3) is 0.0741. The average Bonchev–Trinajstić information content (AvgIpc) is 3.19. The van der Waals surface area contributed by atoms with Crippen LogP contribution in [0.5, 0.6) is 11.5 Å². The Kier molecular flexibility index (Phi) is 5.79. The van der Waals surface area contributed by atoms with E-state index in [2.05, 4.69) is 0 Å². The molecule has 1 spiro atoms. The number of Topliss-reactive ketones (excluding diaryl/α,β-unsaturated/α-hetero) is 2. The number of aromatic hydroxyl groups is 1. The van der Waals surface area contributed by atoms with Crippen LogP contribution in [0.2, 0.25) is 0 Å². The molecule has 0 radical (unpaired) electrons. The van der Waals surface area contributed by atoms with Crippen molar-refractivity contribution in [2.45, 2.75) is 5.60 Å². The van der Waals surface area contributed by atoms with Crippen LogP contribution in [0, 0.1) is 13.1 Å². The maximum Gasteiger partial charge on any atom is 0.340 e. The molecule has 36 heavy (non-hydrogen) atoms. The van der Waals surface area contributed by atoms with Crippen molar-refractivity contribution in [3.8, 4) is 11.5 Å². The maximum absolute atomic E-state index is 13.5. The molecule has 178 valence electrons. The van der Waals surface area contributed by atoms with Gasteiger partial charge in [0.15, 0.2) is 28.7 Å². The van der Waals surface area contributed by atoms with Gasteiger partial charge in [0.2, 0.25) is 0 Å². The number of phenolic OH excluding ortho intramolecular Hbond substituents is 1. The van der Waals surface area contributed by atoms with Crippen LogP contribution in [-0.4, -0.2) is 22.6 Å². The molecule has 2 heterocycles. The lowest BCUT2D eigenvalue weighted by Gasteiger charge is -2.41. The number of phenols is 1. The Labute approximate surface area is 246 Å². The van der Waals surface area contributed by atoms with Gasteiger partial charge < -0.3 is 14.6 Å². The topological polar surface area (TPSA) is 89.9 Å². The number of fused-ring (bicyclic) bond motifs is 6. The number of esters is 1. The number of ketones is 2. The highest BCUT2D eigenvalue weighted by molar-refractivity contribution is 14.1. The van der Waals surface area contributed by atoms with Crippen molar-refractivity contribution >= 4 is 85.3 Å². The van der Waals surface area contributed by atoms with Crippen molar-refractivity contribution in [2.24, 2.45) is 5.92 Å². The molecule has 0 bridgehead atoms. The number of carbonyl (C=O) groups excluding carboxylic acids is 3. The predicted molar refractivity (Wildman–Crippen MR) is 155 cm³/mol. The van der Waals surface area contributed by atoms with Gasteiger partial charge in [0.25, 0.3) is 0 Å². The zero-order valence-electron chi connectivity index (χ0n) is 18.1. The first-order chi connectivity index (χ1) is 17.3. The molecule has 2 unspecified atom stereocenters. The first-order valence-electron chi connectivity index (χ1n) is 10.7. The standard InChI is InChI=1S/C27H13I3O6/c28-18-11-17-25(20(30)23(18)33)35-24-16(27(17)15-9-5-4-8-13(15)26(34)36-27)10-14(22(32)19(24)29)21(31)12-6-2-1-3-7-12/h1-11,14,33H. The Bertz CT molecular complexity index is 1590. The summed E-state index contributed by atoms with van der Waals surface area (Å²) >= 11 is 5.89. The van der Waals surface area contributed by atoms with Crippen molar-refractivity contribution < 1.29 is 29.0 Å². The van der Waals surface area contributed by atoms with Gasteiger partial charge in [-0.25, -0.2) is 4.79 Å². The number of hydrogen-bond acceptors (Lipinski definition) is 6. The van der Waals surface area contributed by atoms with Crippen molar-refractivity contribution in [3.05, 3.63) is 111 Å². The van der Waals surface area contributed by atoms with E-state index in [0.717, 1.165) is 0 Å². The molecule has 0 amide bonds. The molecule has 3 aliphatic rings. The van der Waals surface area contributed by atoms with Crippen LogP contribution in [0.15, 0.2) is 81.7 Å². The molecular formula is C27H13I3O6. The third kappa shape index (κ3) is 3.27. The molecule has 0 saturated carbocycles. The maximum atomic E-state index is 13.5. The largest absolute Gasteiger partial charge is 0.506 e. The van der Waals surface area contributed by atoms with Gasteiger partial charge in [0.1, 0.15) is 15.2 Å². The van der Waals surface area contributed by atoms with Crippen molar-refractivity contribution in [1.29, 1.82) is 0 Å². The van der Waals surface area contributed by atoms with Gasteiger partial charge in [0, 0.05) is 16.7 Å². The third-order valence-electron chi connectivity index (χ3n) is 6.50.